The number of amides is 1. The van der Waals surface area contributed by atoms with Crippen molar-refractivity contribution in [2.45, 2.75) is 39.2 Å². The van der Waals surface area contributed by atoms with E-state index in [0.717, 1.165) is 25.0 Å². The molecule has 0 radical (unpaired) electrons. The second-order valence-corrected chi connectivity index (χ2v) is 5.63. The summed E-state index contributed by atoms with van der Waals surface area (Å²) in [6.07, 6.45) is 2.93. The minimum Gasteiger partial charge on any atom is -0.493 e. The molecule has 0 bridgehead atoms. The molecule has 1 amide bonds. The van der Waals surface area contributed by atoms with E-state index in [1.165, 1.54) is 5.56 Å². The zero-order chi connectivity index (χ0) is 15.1. The van der Waals surface area contributed by atoms with Gasteiger partial charge in [0.25, 0.3) is 0 Å². The zero-order valence-corrected chi connectivity index (χ0v) is 12.9. The highest BCUT2D eigenvalue weighted by atomic mass is 16.5. The lowest BCUT2D eigenvalue weighted by molar-refractivity contribution is -0.131. The molecule has 0 aromatic heterocycles. The van der Waals surface area contributed by atoms with E-state index in [1.54, 1.807) is 0 Å². The van der Waals surface area contributed by atoms with E-state index in [-0.39, 0.29) is 17.9 Å². The molecular weight excluding hydrogens is 266 g/mol. The van der Waals surface area contributed by atoms with Gasteiger partial charge in [-0.1, -0.05) is 37.5 Å². The Balaban J connectivity index is 1.80. The van der Waals surface area contributed by atoms with Crippen molar-refractivity contribution >= 4 is 5.91 Å². The van der Waals surface area contributed by atoms with Crippen LogP contribution in [-0.4, -0.2) is 31.8 Å². The van der Waals surface area contributed by atoms with Crippen LogP contribution in [0.3, 0.4) is 0 Å². The molecule has 0 aliphatic carbocycles. The van der Waals surface area contributed by atoms with E-state index in [9.17, 15) is 4.79 Å². The number of nitrogens with one attached hydrogen (secondary N) is 1. The summed E-state index contributed by atoms with van der Waals surface area (Å²) in [5.74, 6) is 0.911. The molecular formula is C17H25NO3. The lowest BCUT2D eigenvalue weighted by Gasteiger charge is -2.18. The standard InChI is InChI=1S/C17H25NO3/c1-3-4-5-10-20-16-14(11-18-17(16)19)12-21-15-8-6-13(2)7-9-15/h6-9,14,16H,3-5,10-12H2,1-2H3,(H,18,19)/t14-,16-/m1/s1. The zero-order valence-electron chi connectivity index (χ0n) is 12.9. The number of ether oxygens (including phenoxy) is 2. The van der Waals surface area contributed by atoms with Gasteiger partial charge in [-0.3, -0.25) is 4.79 Å². The van der Waals surface area contributed by atoms with Crippen molar-refractivity contribution in [3.05, 3.63) is 29.8 Å². The Labute approximate surface area is 126 Å². The normalized spacial score (nSPS) is 21.3. The van der Waals surface area contributed by atoms with E-state index in [4.69, 9.17) is 9.47 Å². The molecule has 0 saturated carbocycles. The van der Waals surface area contributed by atoms with Crippen LogP contribution < -0.4 is 10.1 Å². The Morgan fingerprint density at radius 3 is 2.71 bits per heavy atom. The summed E-state index contributed by atoms with van der Waals surface area (Å²) in [5.41, 5.74) is 1.21. The van der Waals surface area contributed by atoms with E-state index in [1.807, 2.05) is 31.2 Å². The Hall–Kier alpha value is -1.55. The van der Waals surface area contributed by atoms with Gasteiger partial charge in [-0.15, -0.1) is 0 Å². The molecule has 1 N–H and O–H groups in total. The third-order valence-corrected chi connectivity index (χ3v) is 3.76. The SMILES string of the molecule is CCCCCO[C@H]1C(=O)NC[C@@H]1COc1ccc(C)cc1. The summed E-state index contributed by atoms with van der Waals surface area (Å²) in [6.45, 7) is 5.97. The molecule has 1 heterocycles. The van der Waals surface area contributed by atoms with Gasteiger partial charge in [-0.05, 0) is 25.5 Å². The quantitative estimate of drug-likeness (QED) is 0.749. The number of aryl methyl sites for hydroxylation is 1. The second-order valence-electron chi connectivity index (χ2n) is 5.63. The first kappa shape index (κ1) is 15.8. The maximum atomic E-state index is 11.8. The highest BCUT2D eigenvalue weighted by Gasteiger charge is 2.35. The van der Waals surface area contributed by atoms with E-state index in [0.29, 0.717) is 19.8 Å². The largest absolute Gasteiger partial charge is 0.493 e. The van der Waals surface area contributed by atoms with Gasteiger partial charge < -0.3 is 14.8 Å². The van der Waals surface area contributed by atoms with Crippen molar-refractivity contribution in [2.24, 2.45) is 5.92 Å². The highest BCUT2D eigenvalue weighted by Crippen LogP contribution is 2.18. The van der Waals surface area contributed by atoms with Gasteiger partial charge in [-0.25, -0.2) is 0 Å². The van der Waals surface area contributed by atoms with Crippen LogP contribution in [0.2, 0.25) is 0 Å². The fourth-order valence-electron chi connectivity index (χ4n) is 2.41. The van der Waals surface area contributed by atoms with Crippen LogP contribution in [0, 0.1) is 12.8 Å². The molecule has 116 valence electrons. The second kappa shape index (κ2) is 8.03. The van der Waals surface area contributed by atoms with Crippen molar-refractivity contribution in [3.63, 3.8) is 0 Å². The topological polar surface area (TPSA) is 47.6 Å². The number of benzene rings is 1. The number of carbonyl (C=O) groups is 1. The summed E-state index contributed by atoms with van der Waals surface area (Å²) in [6, 6.07) is 7.95. The van der Waals surface area contributed by atoms with Crippen LogP contribution in [0.4, 0.5) is 0 Å². The molecule has 2 rings (SSSR count). The fraction of sp³-hybridized carbons (Fsp3) is 0.588. The Morgan fingerprint density at radius 1 is 1.24 bits per heavy atom. The van der Waals surface area contributed by atoms with E-state index in [2.05, 4.69) is 12.2 Å². The predicted octanol–water partition coefficient (Wildman–Crippen LogP) is 2.70. The number of carbonyl (C=O) groups excluding carboxylic acids is 1. The summed E-state index contributed by atoms with van der Waals surface area (Å²) >= 11 is 0. The van der Waals surface area contributed by atoms with Crippen molar-refractivity contribution < 1.29 is 14.3 Å². The number of rotatable bonds is 8. The van der Waals surface area contributed by atoms with Crippen molar-refractivity contribution in [1.29, 1.82) is 0 Å². The summed E-state index contributed by atoms with van der Waals surface area (Å²) in [5, 5.41) is 2.86. The van der Waals surface area contributed by atoms with Crippen molar-refractivity contribution in [3.8, 4) is 5.75 Å². The summed E-state index contributed by atoms with van der Waals surface area (Å²) in [4.78, 5) is 11.8. The van der Waals surface area contributed by atoms with Crippen LogP contribution in [0.25, 0.3) is 0 Å². The Kier molecular flexibility index (Phi) is 6.05. The summed E-state index contributed by atoms with van der Waals surface area (Å²) < 4.78 is 11.5. The first-order chi connectivity index (χ1) is 10.2. The monoisotopic (exact) mass is 291 g/mol. The maximum absolute atomic E-state index is 11.8. The van der Waals surface area contributed by atoms with Gasteiger partial charge in [0.2, 0.25) is 5.91 Å². The predicted molar refractivity (Wildman–Crippen MR) is 82.4 cm³/mol. The minimum absolute atomic E-state index is 0.0102. The van der Waals surface area contributed by atoms with Crippen molar-refractivity contribution in [2.75, 3.05) is 19.8 Å². The van der Waals surface area contributed by atoms with Gasteiger partial charge in [0.05, 0.1) is 6.61 Å². The molecule has 4 heteroatoms. The fourth-order valence-corrected chi connectivity index (χ4v) is 2.41. The van der Waals surface area contributed by atoms with E-state index < -0.39 is 0 Å². The molecule has 21 heavy (non-hydrogen) atoms. The van der Waals surface area contributed by atoms with E-state index >= 15 is 0 Å². The van der Waals surface area contributed by atoms with Crippen LogP contribution in [0.1, 0.15) is 31.7 Å². The Morgan fingerprint density at radius 2 is 2.00 bits per heavy atom. The number of hydrogen-bond acceptors (Lipinski definition) is 3. The first-order valence-corrected chi connectivity index (χ1v) is 7.79. The molecule has 1 aliphatic rings. The molecule has 0 spiro atoms. The highest BCUT2D eigenvalue weighted by molar-refractivity contribution is 5.83. The Bertz CT molecular complexity index is 444. The molecule has 2 atom stereocenters. The average Bonchev–Trinajstić information content (AvgIpc) is 2.84. The lowest BCUT2D eigenvalue weighted by atomic mass is 10.1. The van der Waals surface area contributed by atoms with Crippen LogP contribution >= 0.6 is 0 Å². The molecule has 1 aliphatic heterocycles. The maximum Gasteiger partial charge on any atom is 0.249 e. The van der Waals surface area contributed by atoms with Crippen LogP contribution in [0.5, 0.6) is 5.75 Å². The molecule has 1 aromatic rings. The summed E-state index contributed by atoms with van der Waals surface area (Å²) in [7, 11) is 0. The molecule has 4 nitrogen and oxygen atoms in total. The van der Waals surface area contributed by atoms with Crippen molar-refractivity contribution in [1.82, 2.24) is 5.32 Å². The molecule has 1 saturated heterocycles. The van der Waals surface area contributed by atoms with Gasteiger partial charge in [0.15, 0.2) is 0 Å². The lowest BCUT2D eigenvalue weighted by Crippen LogP contribution is -2.31. The van der Waals surface area contributed by atoms with Crippen LogP contribution in [0.15, 0.2) is 24.3 Å². The van der Waals surface area contributed by atoms with Gasteiger partial charge >= 0.3 is 0 Å². The molecule has 0 unspecified atom stereocenters. The minimum atomic E-state index is -0.368. The van der Waals surface area contributed by atoms with Gasteiger partial charge in [0, 0.05) is 19.1 Å². The first-order valence-electron chi connectivity index (χ1n) is 7.79. The molecule has 1 aromatic carbocycles. The third kappa shape index (κ3) is 4.74. The van der Waals surface area contributed by atoms with Gasteiger partial charge in [-0.2, -0.15) is 0 Å². The smallest absolute Gasteiger partial charge is 0.249 e. The molecule has 1 fully saturated rings. The number of hydrogen-bond donors (Lipinski definition) is 1. The van der Waals surface area contributed by atoms with Crippen LogP contribution in [-0.2, 0) is 9.53 Å². The third-order valence-electron chi connectivity index (χ3n) is 3.76. The average molecular weight is 291 g/mol. The number of unbranched alkanes of at least 4 members (excludes halogenated alkanes) is 2. The van der Waals surface area contributed by atoms with Gasteiger partial charge in [0.1, 0.15) is 11.9 Å².